The number of sulfonamides is 1. The van der Waals surface area contributed by atoms with Crippen LogP contribution in [0.25, 0.3) is 0 Å². The Hall–Kier alpha value is -1.85. The van der Waals surface area contributed by atoms with Gasteiger partial charge in [-0.05, 0) is 73.1 Å². The predicted molar refractivity (Wildman–Crippen MR) is 95.0 cm³/mol. The van der Waals surface area contributed by atoms with Gasteiger partial charge in [-0.3, -0.25) is 0 Å². The van der Waals surface area contributed by atoms with Gasteiger partial charge in [0.05, 0.1) is 12.0 Å². The molecule has 1 aliphatic carbocycles. The van der Waals surface area contributed by atoms with Crippen LogP contribution in [0, 0.1) is 0 Å². The predicted octanol–water partition coefficient (Wildman–Crippen LogP) is 3.10. The molecule has 0 saturated carbocycles. The fourth-order valence-electron chi connectivity index (χ4n) is 3.08. The van der Waals surface area contributed by atoms with E-state index in [0.717, 1.165) is 30.6 Å². The van der Waals surface area contributed by atoms with E-state index in [2.05, 4.69) is 4.72 Å². The molecule has 2 aromatic carbocycles. The Morgan fingerprint density at radius 1 is 1.00 bits per heavy atom. The van der Waals surface area contributed by atoms with Gasteiger partial charge in [0.1, 0.15) is 5.75 Å². The first-order valence-corrected chi connectivity index (χ1v) is 9.81. The van der Waals surface area contributed by atoms with E-state index >= 15 is 0 Å². The molecule has 0 radical (unpaired) electrons. The van der Waals surface area contributed by atoms with Crippen molar-refractivity contribution in [2.75, 3.05) is 13.7 Å². The Labute approximate surface area is 143 Å². The molecule has 2 aromatic rings. The van der Waals surface area contributed by atoms with Crippen LogP contribution in [0.2, 0.25) is 0 Å². The van der Waals surface area contributed by atoms with Crippen LogP contribution in [0.1, 0.15) is 29.5 Å². The third-order valence-electron chi connectivity index (χ3n) is 4.50. The molecule has 0 spiro atoms. The van der Waals surface area contributed by atoms with Crippen LogP contribution in [0.15, 0.2) is 47.4 Å². The molecular formula is C19H23NO3S. The summed E-state index contributed by atoms with van der Waals surface area (Å²) in [5.74, 6) is 0.799. The van der Waals surface area contributed by atoms with E-state index in [-0.39, 0.29) is 0 Å². The van der Waals surface area contributed by atoms with Crippen molar-refractivity contribution in [3.8, 4) is 5.75 Å². The van der Waals surface area contributed by atoms with Gasteiger partial charge in [-0.1, -0.05) is 18.2 Å². The van der Waals surface area contributed by atoms with Crippen molar-refractivity contribution >= 4 is 10.0 Å². The highest BCUT2D eigenvalue weighted by Crippen LogP contribution is 2.24. The minimum absolute atomic E-state index is 0.373. The topological polar surface area (TPSA) is 55.4 Å². The number of ether oxygens (including phenoxy) is 1. The molecule has 0 bridgehead atoms. The molecule has 0 amide bonds. The Balaban J connectivity index is 1.63. The maximum Gasteiger partial charge on any atom is 0.240 e. The monoisotopic (exact) mass is 345 g/mol. The van der Waals surface area contributed by atoms with E-state index in [1.807, 2.05) is 36.4 Å². The number of hydrogen-bond acceptors (Lipinski definition) is 3. The molecular weight excluding hydrogens is 322 g/mol. The second-order valence-electron chi connectivity index (χ2n) is 6.13. The lowest BCUT2D eigenvalue weighted by molar-refractivity contribution is 0.414. The number of nitrogens with one attached hydrogen (secondary N) is 1. The van der Waals surface area contributed by atoms with Gasteiger partial charge in [0.25, 0.3) is 0 Å². The van der Waals surface area contributed by atoms with Crippen molar-refractivity contribution < 1.29 is 13.2 Å². The van der Waals surface area contributed by atoms with Gasteiger partial charge in [-0.15, -0.1) is 0 Å². The van der Waals surface area contributed by atoms with E-state index in [4.69, 9.17) is 4.74 Å². The summed E-state index contributed by atoms with van der Waals surface area (Å²) in [6, 6.07) is 13.2. The van der Waals surface area contributed by atoms with E-state index < -0.39 is 10.0 Å². The van der Waals surface area contributed by atoms with Gasteiger partial charge >= 0.3 is 0 Å². The molecule has 1 N–H and O–H groups in total. The second-order valence-corrected chi connectivity index (χ2v) is 7.90. The molecule has 0 aliphatic heterocycles. The van der Waals surface area contributed by atoms with Crippen LogP contribution < -0.4 is 9.46 Å². The number of rotatable bonds is 6. The maximum absolute atomic E-state index is 12.5. The molecule has 0 atom stereocenters. The Morgan fingerprint density at radius 2 is 1.71 bits per heavy atom. The van der Waals surface area contributed by atoms with Gasteiger partial charge in [-0.25, -0.2) is 13.1 Å². The summed E-state index contributed by atoms with van der Waals surface area (Å²) in [6.07, 6.45) is 5.01. The average Bonchev–Trinajstić information content (AvgIpc) is 2.62. The van der Waals surface area contributed by atoms with Crippen molar-refractivity contribution in [2.45, 2.75) is 37.0 Å². The summed E-state index contributed by atoms with van der Waals surface area (Å²) in [5, 5.41) is 0. The number of methoxy groups -OCH3 is 1. The van der Waals surface area contributed by atoms with E-state index in [1.54, 1.807) is 13.2 Å². The summed E-state index contributed by atoms with van der Waals surface area (Å²) < 4.78 is 32.8. The fraction of sp³-hybridized carbons (Fsp3) is 0.368. The van der Waals surface area contributed by atoms with Crippen LogP contribution in [0.3, 0.4) is 0 Å². The van der Waals surface area contributed by atoms with Gasteiger partial charge < -0.3 is 4.74 Å². The van der Waals surface area contributed by atoms with Crippen LogP contribution >= 0.6 is 0 Å². The van der Waals surface area contributed by atoms with Crippen molar-refractivity contribution in [1.82, 2.24) is 4.72 Å². The van der Waals surface area contributed by atoms with Crippen molar-refractivity contribution in [2.24, 2.45) is 0 Å². The first kappa shape index (κ1) is 17.0. The number of aryl methyl sites for hydroxylation is 2. The van der Waals surface area contributed by atoms with Gasteiger partial charge in [-0.2, -0.15) is 0 Å². The van der Waals surface area contributed by atoms with E-state index in [9.17, 15) is 8.42 Å². The summed E-state index contributed by atoms with van der Waals surface area (Å²) >= 11 is 0. The van der Waals surface area contributed by atoms with Gasteiger partial charge in [0.2, 0.25) is 10.0 Å². The SMILES string of the molecule is COc1ccc(CCNS(=O)(=O)c2ccc3c(c2)CCCC3)cc1. The van der Waals surface area contributed by atoms with E-state index in [1.165, 1.54) is 17.5 Å². The maximum atomic E-state index is 12.5. The van der Waals surface area contributed by atoms with E-state index in [0.29, 0.717) is 17.9 Å². The Morgan fingerprint density at radius 3 is 2.42 bits per heavy atom. The quantitative estimate of drug-likeness (QED) is 0.875. The van der Waals surface area contributed by atoms with Crippen LogP contribution in [-0.2, 0) is 29.3 Å². The molecule has 0 heterocycles. The molecule has 4 nitrogen and oxygen atoms in total. The Bertz CT molecular complexity index is 798. The largest absolute Gasteiger partial charge is 0.497 e. The normalized spacial score (nSPS) is 14.2. The minimum atomic E-state index is -3.45. The number of hydrogen-bond donors (Lipinski definition) is 1. The molecule has 5 heteroatoms. The smallest absolute Gasteiger partial charge is 0.240 e. The minimum Gasteiger partial charge on any atom is -0.497 e. The lowest BCUT2D eigenvalue weighted by Gasteiger charge is -2.16. The summed E-state index contributed by atoms with van der Waals surface area (Å²) in [4.78, 5) is 0.373. The highest BCUT2D eigenvalue weighted by atomic mass is 32.2. The van der Waals surface area contributed by atoms with Gasteiger partial charge in [0.15, 0.2) is 0 Å². The van der Waals surface area contributed by atoms with Crippen molar-refractivity contribution in [1.29, 1.82) is 0 Å². The third kappa shape index (κ3) is 3.97. The second kappa shape index (κ2) is 7.36. The Kier molecular flexibility index (Phi) is 5.21. The van der Waals surface area contributed by atoms with Crippen molar-refractivity contribution in [3.05, 3.63) is 59.2 Å². The number of fused-ring (bicyclic) bond motifs is 1. The molecule has 0 aromatic heterocycles. The lowest BCUT2D eigenvalue weighted by atomic mass is 9.92. The van der Waals surface area contributed by atoms with Crippen LogP contribution in [0.4, 0.5) is 0 Å². The first-order chi connectivity index (χ1) is 11.6. The molecule has 3 rings (SSSR count). The molecule has 0 saturated heterocycles. The average molecular weight is 345 g/mol. The first-order valence-electron chi connectivity index (χ1n) is 8.33. The highest BCUT2D eigenvalue weighted by Gasteiger charge is 2.17. The van der Waals surface area contributed by atoms with Crippen LogP contribution in [-0.4, -0.2) is 22.1 Å². The highest BCUT2D eigenvalue weighted by molar-refractivity contribution is 7.89. The number of benzene rings is 2. The van der Waals surface area contributed by atoms with Crippen molar-refractivity contribution in [3.63, 3.8) is 0 Å². The third-order valence-corrected chi connectivity index (χ3v) is 5.95. The van der Waals surface area contributed by atoms with Crippen LogP contribution in [0.5, 0.6) is 5.75 Å². The summed E-state index contributed by atoms with van der Waals surface area (Å²) in [6.45, 7) is 0.381. The zero-order valence-electron chi connectivity index (χ0n) is 13.9. The molecule has 128 valence electrons. The molecule has 0 fully saturated rings. The zero-order valence-corrected chi connectivity index (χ0v) is 14.7. The van der Waals surface area contributed by atoms with Gasteiger partial charge in [0, 0.05) is 6.54 Å². The fourth-order valence-corrected chi connectivity index (χ4v) is 4.16. The standard InChI is InChI=1S/C19H23NO3S/c1-23-18-9-6-15(7-10-18)12-13-20-24(21,22)19-11-8-16-4-2-3-5-17(16)14-19/h6-11,14,20H,2-5,12-13H2,1H3. The lowest BCUT2D eigenvalue weighted by Crippen LogP contribution is -2.26. The summed E-state index contributed by atoms with van der Waals surface area (Å²) in [7, 11) is -1.82. The molecule has 24 heavy (non-hydrogen) atoms. The summed E-state index contributed by atoms with van der Waals surface area (Å²) in [5.41, 5.74) is 3.54. The zero-order chi connectivity index (χ0) is 17.0. The molecule has 0 unspecified atom stereocenters. The molecule has 1 aliphatic rings.